The number of benzene rings is 3. The number of hydrogen-bond acceptors (Lipinski definition) is 6. The molecular formula is C57H91N6O+. The number of aliphatic hydroxyl groups excluding tert-OH is 1. The summed E-state index contributed by atoms with van der Waals surface area (Å²) in [4.78, 5) is 10.6. The van der Waals surface area contributed by atoms with Crippen LogP contribution in [-0.2, 0) is 12.8 Å². The van der Waals surface area contributed by atoms with Gasteiger partial charge in [-0.15, -0.1) is 0 Å². The molecule has 3 atom stereocenters. The zero-order chi connectivity index (χ0) is 46.7. The fourth-order valence-corrected chi connectivity index (χ4v) is 9.71. The summed E-state index contributed by atoms with van der Waals surface area (Å²) in [6.07, 6.45) is 20.5. The minimum Gasteiger partial charge on any atom is -0.389 e. The van der Waals surface area contributed by atoms with Crippen LogP contribution < -0.4 is 20.4 Å². The molecule has 64 heavy (non-hydrogen) atoms. The van der Waals surface area contributed by atoms with Crippen LogP contribution in [0, 0.1) is 11.8 Å². The molecule has 1 saturated carbocycles. The van der Waals surface area contributed by atoms with Crippen molar-refractivity contribution in [2.75, 3.05) is 81.2 Å². The number of rotatable bonds is 12. The summed E-state index contributed by atoms with van der Waals surface area (Å²) in [6.45, 7) is 29.2. The maximum atomic E-state index is 9.66. The lowest BCUT2D eigenvalue weighted by molar-refractivity contribution is -0.411. The van der Waals surface area contributed by atoms with Crippen LogP contribution in [0.1, 0.15) is 117 Å². The molecule has 5 aliphatic rings. The van der Waals surface area contributed by atoms with Gasteiger partial charge in [-0.2, -0.15) is 0 Å². The number of hydrogen-bond donors (Lipinski definition) is 2. The maximum absolute atomic E-state index is 9.66. The van der Waals surface area contributed by atoms with Crippen LogP contribution >= 0.6 is 0 Å². The minimum atomic E-state index is -0.233. The molecule has 0 amide bonds. The molecule has 7 heteroatoms. The molecule has 3 heterocycles. The molecule has 2 aliphatic carbocycles. The Balaban J connectivity index is 0.000000299. The summed E-state index contributed by atoms with van der Waals surface area (Å²) in [5.74, 6) is 1.70. The zero-order valence-electron chi connectivity index (χ0n) is 41.9. The standard InChI is InChI=1S/C29H42N4.C19H24O.C4H8N.2C2H6.CH5N/c1-3-7-24(2)33-17-14-26-10-11-28(22-29(26)33)32-20-18-30(19-21-32)23-25-12-15-31(16-13-25)27-8-5-4-6-9-27;20-19-12-11-17-13-16(9-10-18(17)14-19)8-4-7-15-5-2-1-3-6-15;1-4-5(2)3;3*1-2/h4-6,8-11,22,24-25H,3,7,12-21,23H2,1-2H3;1-3,5-6,11,14,16,19-20H,4,7-10,12-13H2;4H,1-2H2,3H3;2*1-2H3;2H2,1H3/q;;+1;;;. The first-order valence-corrected chi connectivity index (χ1v) is 25.3. The highest BCUT2D eigenvalue weighted by Gasteiger charge is 2.27. The normalized spacial score (nSPS) is 19.6. The van der Waals surface area contributed by atoms with E-state index in [0.717, 1.165) is 31.3 Å². The van der Waals surface area contributed by atoms with E-state index in [1.54, 1.807) is 16.3 Å². The van der Waals surface area contributed by atoms with E-state index in [1.807, 2.05) is 34.7 Å². The van der Waals surface area contributed by atoms with Crippen LogP contribution in [0.5, 0.6) is 0 Å². The van der Waals surface area contributed by atoms with Crippen molar-refractivity contribution >= 4 is 23.8 Å². The minimum absolute atomic E-state index is 0.233. The van der Waals surface area contributed by atoms with Crippen LogP contribution in [0.3, 0.4) is 0 Å². The Morgan fingerprint density at radius 3 is 2.03 bits per heavy atom. The van der Waals surface area contributed by atoms with Crippen molar-refractivity contribution in [2.24, 2.45) is 17.6 Å². The van der Waals surface area contributed by atoms with Gasteiger partial charge < -0.3 is 25.5 Å². The van der Waals surface area contributed by atoms with Crippen molar-refractivity contribution in [3.8, 4) is 0 Å². The number of piperazine rings is 1. The Hall–Kier alpha value is -4.17. The second-order valence-corrected chi connectivity index (χ2v) is 17.6. The van der Waals surface area contributed by atoms with Gasteiger partial charge in [-0.1, -0.05) is 108 Å². The van der Waals surface area contributed by atoms with Crippen LogP contribution in [0.15, 0.2) is 115 Å². The average molecular weight is 876 g/mol. The fraction of sp³-hybridized carbons (Fsp3) is 0.561. The molecule has 3 unspecified atom stereocenters. The fourth-order valence-electron chi connectivity index (χ4n) is 9.71. The lowest BCUT2D eigenvalue weighted by Crippen LogP contribution is -2.49. The number of nitrogens with zero attached hydrogens (tertiary/aromatic N) is 5. The predicted octanol–water partition coefficient (Wildman–Crippen LogP) is 11.8. The van der Waals surface area contributed by atoms with Gasteiger partial charge in [0.2, 0.25) is 0 Å². The van der Waals surface area contributed by atoms with Gasteiger partial charge in [0.15, 0.2) is 6.20 Å². The number of nitrogens with two attached hydrogens (primary N) is 1. The number of fused-ring (bicyclic) bond motifs is 2. The highest BCUT2D eigenvalue weighted by Crippen LogP contribution is 2.38. The van der Waals surface area contributed by atoms with Crippen molar-refractivity contribution in [1.82, 2.24) is 4.90 Å². The van der Waals surface area contributed by atoms with Crippen LogP contribution in [0.4, 0.5) is 17.1 Å². The number of aliphatic hydroxyl groups is 1. The van der Waals surface area contributed by atoms with E-state index in [0.29, 0.717) is 6.04 Å². The van der Waals surface area contributed by atoms with E-state index >= 15 is 0 Å². The third kappa shape index (κ3) is 17.7. The predicted molar refractivity (Wildman–Crippen MR) is 282 cm³/mol. The lowest BCUT2D eigenvalue weighted by Gasteiger charge is -2.40. The zero-order valence-corrected chi connectivity index (χ0v) is 41.9. The molecule has 0 bridgehead atoms. The van der Waals surface area contributed by atoms with Gasteiger partial charge in [0, 0.05) is 75.5 Å². The number of allylic oxidation sites excluding steroid dienone is 2. The Kier molecular flexibility index (Phi) is 26.1. The molecule has 3 aromatic carbocycles. The smallest absolute Gasteiger partial charge is 0.160 e. The largest absolute Gasteiger partial charge is 0.389 e. The number of para-hydroxylation sites is 1. The molecule has 2 saturated heterocycles. The quantitative estimate of drug-likeness (QED) is 0.140. The Morgan fingerprint density at radius 1 is 0.781 bits per heavy atom. The van der Waals surface area contributed by atoms with E-state index in [2.05, 4.69) is 143 Å². The maximum Gasteiger partial charge on any atom is 0.160 e. The molecule has 3 N–H and O–H groups in total. The summed E-state index contributed by atoms with van der Waals surface area (Å²) in [5.41, 5.74) is 14.8. The van der Waals surface area contributed by atoms with E-state index in [1.165, 1.54) is 151 Å². The molecule has 3 fully saturated rings. The van der Waals surface area contributed by atoms with Crippen LogP contribution in [0.2, 0.25) is 0 Å². The lowest BCUT2D eigenvalue weighted by atomic mass is 9.77. The first-order valence-electron chi connectivity index (χ1n) is 25.3. The molecule has 3 aliphatic heterocycles. The van der Waals surface area contributed by atoms with Crippen molar-refractivity contribution in [3.63, 3.8) is 0 Å². The van der Waals surface area contributed by atoms with Gasteiger partial charge in [-0.3, -0.25) is 4.90 Å². The Morgan fingerprint density at radius 2 is 1.41 bits per heavy atom. The highest BCUT2D eigenvalue weighted by atomic mass is 16.3. The second-order valence-electron chi connectivity index (χ2n) is 17.6. The van der Waals surface area contributed by atoms with Gasteiger partial charge in [0.25, 0.3) is 0 Å². The van der Waals surface area contributed by atoms with Crippen molar-refractivity contribution in [2.45, 2.75) is 131 Å². The summed E-state index contributed by atoms with van der Waals surface area (Å²) >= 11 is 0. The Bertz CT molecular complexity index is 1770. The van der Waals surface area contributed by atoms with Gasteiger partial charge in [-0.25, -0.2) is 4.58 Å². The number of piperidine rings is 1. The summed E-state index contributed by atoms with van der Waals surface area (Å²) in [7, 11) is 3.33. The number of anilines is 3. The molecule has 7 nitrogen and oxygen atoms in total. The third-order valence-corrected chi connectivity index (χ3v) is 13.2. The molecule has 0 radical (unpaired) electrons. The average Bonchev–Trinajstić information content (AvgIpc) is 3.79. The molecule has 0 spiro atoms. The monoisotopic (exact) mass is 876 g/mol. The van der Waals surface area contributed by atoms with Crippen LogP contribution in [0.25, 0.3) is 0 Å². The topological polar surface area (TPSA) is 62.2 Å². The summed E-state index contributed by atoms with van der Waals surface area (Å²) < 4.78 is 1.64. The second kappa shape index (κ2) is 30.9. The highest BCUT2D eigenvalue weighted by molar-refractivity contribution is 5.67. The first kappa shape index (κ1) is 54.2. The Labute approximate surface area is 392 Å². The van der Waals surface area contributed by atoms with E-state index < -0.39 is 0 Å². The summed E-state index contributed by atoms with van der Waals surface area (Å²) in [5, 5.41) is 9.66. The van der Waals surface area contributed by atoms with E-state index in [4.69, 9.17) is 0 Å². The number of aryl methyl sites for hydroxylation is 1. The first-order chi connectivity index (χ1) is 31.3. The van der Waals surface area contributed by atoms with Gasteiger partial charge >= 0.3 is 0 Å². The van der Waals surface area contributed by atoms with Crippen LogP contribution in [-0.4, -0.2) is 99.9 Å². The molecular weight excluding hydrogens is 785 g/mol. The molecule has 354 valence electrons. The third-order valence-electron chi connectivity index (χ3n) is 13.2. The van der Waals surface area contributed by atoms with Crippen molar-refractivity contribution in [3.05, 3.63) is 126 Å². The van der Waals surface area contributed by atoms with Crippen molar-refractivity contribution < 1.29 is 9.68 Å². The molecule has 8 rings (SSSR count). The molecule has 0 aromatic heterocycles. The SMILES string of the molecule is C=C[N+](=C)C.CC.CC.CCCC(C)N1CCc2ccc(N3CCN(CC4CCN(c5ccccc5)CC4)CC3)cc21.CN.OC1C=C2CCC(CCCc3ccccc3)CC2=CC1. The van der Waals surface area contributed by atoms with Gasteiger partial charge in [0.05, 0.1) is 6.10 Å². The molecule has 3 aromatic rings. The summed E-state index contributed by atoms with van der Waals surface area (Å²) in [6, 6.07) is 29.7. The van der Waals surface area contributed by atoms with Gasteiger partial charge in [0.1, 0.15) is 13.8 Å². The van der Waals surface area contributed by atoms with E-state index in [-0.39, 0.29) is 6.10 Å². The van der Waals surface area contributed by atoms with Gasteiger partial charge in [-0.05, 0) is 150 Å². The van der Waals surface area contributed by atoms with E-state index in [9.17, 15) is 5.11 Å². The van der Waals surface area contributed by atoms with Crippen molar-refractivity contribution in [1.29, 1.82) is 0 Å².